The first-order valence-corrected chi connectivity index (χ1v) is 18.4. The zero-order chi connectivity index (χ0) is 36.3. The molecule has 1 atom stereocenters. The SMILES string of the molecule is CCOC(=O)c1c(NC(=O)C(C)Sc2cccc(NC(=O)/C(=C\c3ccc(OC)c(OC)c3)NC(=O)c3ccccc3)c2)sc2c1CCCCC2. The molecule has 3 amide bonds. The largest absolute Gasteiger partial charge is 0.493 e. The summed E-state index contributed by atoms with van der Waals surface area (Å²) in [5.74, 6) is -0.665. The highest BCUT2D eigenvalue weighted by Crippen LogP contribution is 2.39. The standard InChI is InChI=1S/C39H41N3O7S2/c1-5-49-39(46)34-29-17-10-7-11-18-33(29)51-38(34)42-35(43)24(2)50-28-16-12-15-27(23-28)40-37(45)30(41-36(44)26-13-8-6-9-14-26)21-25-19-20-31(47-3)32(22-25)48-4/h6,8-9,12-16,19-24H,5,7,10-11,17-18H2,1-4H3,(H,40,45)(H,41,44)(H,42,43)/b30-21+. The zero-order valence-corrected chi connectivity index (χ0v) is 30.6. The summed E-state index contributed by atoms with van der Waals surface area (Å²) >= 11 is 2.78. The number of fused-ring (bicyclic) bond motifs is 1. The summed E-state index contributed by atoms with van der Waals surface area (Å²) in [4.78, 5) is 55.1. The van der Waals surface area contributed by atoms with Crippen LogP contribution in [0.25, 0.3) is 6.08 Å². The van der Waals surface area contributed by atoms with Crippen LogP contribution >= 0.6 is 23.1 Å². The van der Waals surface area contributed by atoms with Gasteiger partial charge >= 0.3 is 5.97 Å². The summed E-state index contributed by atoms with van der Waals surface area (Å²) in [7, 11) is 3.05. The van der Waals surface area contributed by atoms with Crippen LogP contribution in [0, 0.1) is 0 Å². The Labute approximate surface area is 306 Å². The average Bonchev–Trinajstić information content (AvgIpc) is 3.31. The van der Waals surface area contributed by atoms with Gasteiger partial charge in [0.25, 0.3) is 11.8 Å². The molecule has 3 N–H and O–H groups in total. The fourth-order valence-electron chi connectivity index (χ4n) is 5.62. The maximum atomic E-state index is 13.7. The van der Waals surface area contributed by atoms with E-state index in [0.717, 1.165) is 47.4 Å². The molecular formula is C39H41N3O7S2. The number of ether oxygens (including phenoxy) is 3. The fraction of sp³-hybridized carbons (Fsp3) is 0.282. The number of esters is 1. The Morgan fingerprint density at radius 2 is 1.65 bits per heavy atom. The second-order valence-electron chi connectivity index (χ2n) is 11.7. The molecule has 51 heavy (non-hydrogen) atoms. The van der Waals surface area contributed by atoms with Crippen molar-refractivity contribution in [2.45, 2.75) is 56.1 Å². The van der Waals surface area contributed by atoms with Crippen LogP contribution in [0.15, 0.2) is 83.4 Å². The van der Waals surface area contributed by atoms with Gasteiger partial charge in [0.2, 0.25) is 5.91 Å². The van der Waals surface area contributed by atoms with Crippen molar-refractivity contribution in [3.8, 4) is 11.5 Å². The van der Waals surface area contributed by atoms with Crippen molar-refractivity contribution in [1.82, 2.24) is 5.32 Å². The molecule has 0 saturated heterocycles. The Bertz CT molecular complexity index is 1920. The lowest BCUT2D eigenvalue weighted by molar-refractivity contribution is -0.115. The van der Waals surface area contributed by atoms with Crippen molar-refractivity contribution in [3.05, 3.63) is 106 Å². The number of thiophene rings is 1. The van der Waals surface area contributed by atoms with Gasteiger partial charge in [-0.2, -0.15) is 0 Å². The van der Waals surface area contributed by atoms with Crippen molar-refractivity contribution in [2.24, 2.45) is 0 Å². The zero-order valence-electron chi connectivity index (χ0n) is 29.0. The highest BCUT2D eigenvalue weighted by Gasteiger charge is 2.28. The molecule has 0 bridgehead atoms. The lowest BCUT2D eigenvalue weighted by atomic mass is 10.1. The summed E-state index contributed by atoms with van der Waals surface area (Å²) in [6.07, 6.45) is 6.38. The first-order valence-electron chi connectivity index (χ1n) is 16.7. The second-order valence-corrected chi connectivity index (χ2v) is 14.2. The monoisotopic (exact) mass is 727 g/mol. The van der Waals surface area contributed by atoms with Gasteiger partial charge in [-0.1, -0.05) is 36.8 Å². The predicted molar refractivity (Wildman–Crippen MR) is 202 cm³/mol. The molecule has 0 fully saturated rings. The molecular weight excluding hydrogens is 687 g/mol. The number of hydrogen-bond acceptors (Lipinski definition) is 9. The molecule has 0 radical (unpaired) electrons. The third-order valence-electron chi connectivity index (χ3n) is 8.16. The van der Waals surface area contributed by atoms with Crippen molar-refractivity contribution in [2.75, 3.05) is 31.5 Å². The van der Waals surface area contributed by atoms with E-state index in [0.29, 0.717) is 38.9 Å². The van der Waals surface area contributed by atoms with Crippen LogP contribution in [0.3, 0.4) is 0 Å². The lowest BCUT2D eigenvalue weighted by Gasteiger charge is -2.15. The van der Waals surface area contributed by atoms with Crippen LogP contribution in [0.5, 0.6) is 11.5 Å². The average molecular weight is 728 g/mol. The number of amides is 3. The number of carbonyl (C=O) groups excluding carboxylic acids is 4. The minimum Gasteiger partial charge on any atom is -0.493 e. The number of methoxy groups -OCH3 is 2. The highest BCUT2D eigenvalue weighted by atomic mass is 32.2. The maximum Gasteiger partial charge on any atom is 0.341 e. The van der Waals surface area contributed by atoms with Crippen molar-refractivity contribution >= 4 is 63.6 Å². The van der Waals surface area contributed by atoms with E-state index in [1.54, 1.807) is 86.7 Å². The number of rotatable bonds is 13. The van der Waals surface area contributed by atoms with E-state index in [-0.39, 0.29) is 18.2 Å². The lowest BCUT2D eigenvalue weighted by Crippen LogP contribution is -2.30. The van der Waals surface area contributed by atoms with Crippen LogP contribution in [0.2, 0.25) is 0 Å². The summed E-state index contributed by atoms with van der Waals surface area (Å²) in [6.45, 7) is 3.81. The highest BCUT2D eigenvalue weighted by molar-refractivity contribution is 8.00. The van der Waals surface area contributed by atoms with Gasteiger partial charge in [0.1, 0.15) is 10.7 Å². The molecule has 1 heterocycles. The summed E-state index contributed by atoms with van der Waals surface area (Å²) in [5.41, 5.74) is 2.94. The smallest absolute Gasteiger partial charge is 0.341 e. The van der Waals surface area contributed by atoms with Gasteiger partial charge in [0.15, 0.2) is 11.5 Å². The number of benzene rings is 3. The van der Waals surface area contributed by atoms with Gasteiger partial charge in [-0.05, 0) is 99.2 Å². The van der Waals surface area contributed by atoms with E-state index in [4.69, 9.17) is 14.2 Å². The Hall–Kier alpha value is -5.07. The molecule has 1 aliphatic rings. The number of anilines is 2. The summed E-state index contributed by atoms with van der Waals surface area (Å²) < 4.78 is 16.1. The van der Waals surface area contributed by atoms with E-state index in [1.807, 2.05) is 6.07 Å². The van der Waals surface area contributed by atoms with E-state index in [9.17, 15) is 19.2 Å². The second kappa shape index (κ2) is 17.7. The quantitative estimate of drug-likeness (QED) is 0.0552. The van der Waals surface area contributed by atoms with Gasteiger partial charge in [-0.15, -0.1) is 23.1 Å². The molecule has 266 valence electrons. The number of hydrogen-bond donors (Lipinski definition) is 3. The van der Waals surface area contributed by atoms with Crippen molar-refractivity contribution in [1.29, 1.82) is 0 Å². The number of thioether (sulfide) groups is 1. The van der Waals surface area contributed by atoms with Crippen LogP contribution in [0.4, 0.5) is 10.7 Å². The van der Waals surface area contributed by atoms with E-state index >= 15 is 0 Å². The van der Waals surface area contributed by atoms with Gasteiger partial charge < -0.3 is 30.2 Å². The molecule has 4 aromatic rings. The molecule has 0 aliphatic heterocycles. The van der Waals surface area contributed by atoms with Gasteiger partial charge in [0, 0.05) is 21.0 Å². The summed E-state index contributed by atoms with van der Waals surface area (Å²) in [6, 6.07) is 20.9. The Balaban J connectivity index is 1.32. The van der Waals surface area contributed by atoms with Crippen LogP contribution in [-0.2, 0) is 27.2 Å². The Morgan fingerprint density at radius 1 is 0.882 bits per heavy atom. The molecule has 5 rings (SSSR count). The van der Waals surface area contributed by atoms with Crippen molar-refractivity contribution in [3.63, 3.8) is 0 Å². The minimum atomic E-state index is -0.550. The van der Waals surface area contributed by atoms with Crippen LogP contribution in [-0.4, -0.2) is 49.8 Å². The van der Waals surface area contributed by atoms with Gasteiger partial charge in [-0.3, -0.25) is 14.4 Å². The predicted octanol–water partition coefficient (Wildman–Crippen LogP) is 7.74. The molecule has 1 aliphatic carbocycles. The van der Waals surface area contributed by atoms with E-state index in [2.05, 4.69) is 16.0 Å². The van der Waals surface area contributed by atoms with E-state index in [1.165, 1.54) is 37.3 Å². The molecule has 0 saturated carbocycles. The maximum absolute atomic E-state index is 13.7. The van der Waals surface area contributed by atoms with Gasteiger partial charge in [-0.25, -0.2) is 4.79 Å². The fourth-order valence-corrected chi connectivity index (χ4v) is 7.83. The van der Waals surface area contributed by atoms with Crippen LogP contribution < -0.4 is 25.4 Å². The number of carbonyl (C=O) groups is 4. The number of aryl methyl sites for hydroxylation is 1. The van der Waals surface area contributed by atoms with Gasteiger partial charge in [0.05, 0.1) is 31.6 Å². The van der Waals surface area contributed by atoms with Crippen LogP contribution in [0.1, 0.15) is 69.8 Å². The van der Waals surface area contributed by atoms with E-state index < -0.39 is 23.0 Å². The molecule has 1 unspecified atom stereocenters. The first-order chi connectivity index (χ1) is 24.7. The number of nitrogens with one attached hydrogen (secondary N) is 3. The minimum absolute atomic E-state index is 0.00799. The Morgan fingerprint density at radius 3 is 2.39 bits per heavy atom. The molecule has 1 aromatic heterocycles. The third kappa shape index (κ3) is 9.59. The normalized spacial score (nSPS) is 13.2. The Kier molecular flexibility index (Phi) is 12.9. The first kappa shape index (κ1) is 37.2. The third-order valence-corrected chi connectivity index (χ3v) is 10.5. The molecule has 0 spiro atoms. The van der Waals surface area contributed by atoms with Crippen molar-refractivity contribution < 1.29 is 33.4 Å². The summed E-state index contributed by atoms with van der Waals surface area (Å²) in [5, 5.41) is 8.63. The molecule has 12 heteroatoms. The topological polar surface area (TPSA) is 132 Å². The molecule has 3 aromatic carbocycles. The molecule has 10 nitrogen and oxygen atoms in total.